The predicted molar refractivity (Wildman–Crippen MR) is 96.4 cm³/mol. The van der Waals surface area contributed by atoms with E-state index in [0.717, 1.165) is 0 Å². The third kappa shape index (κ3) is 5.30. The molecule has 0 atom stereocenters. The molecule has 2 amide bonds. The van der Waals surface area contributed by atoms with E-state index in [4.69, 9.17) is 9.88 Å². The molecule has 0 unspecified atom stereocenters. The van der Waals surface area contributed by atoms with Gasteiger partial charge in [-0.15, -0.1) is 0 Å². The van der Waals surface area contributed by atoms with E-state index in [1.54, 1.807) is 30.3 Å². The second kappa shape index (κ2) is 8.45. The number of hydrogen-bond donors (Lipinski definition) is 3. The molecule has 4 N–H and O–H groups in total. The average molecular weight is 377 g/mol. The summed E-state index contributed by atoms with van der Waals surface area (Å²) in [7, 11) is -2.68. The first-order valence-corrected chi connectivity index (χ1v) is 9.20. The first kappa shape index (κ1) is 19.4. The van der Waals surface area contributed by atoms with Gasteiger partial charge in [-0.05, 0) is 30.3 Å². The van der Waals surface area contributed by atoms with Gasteiger partial charge in [-0.2, -0.15) is 0 Å². The Kier molecular flexibility index (Phi) is 6.31. The molecule has 2 aromatic carbocycles. The Hall–Kier alpha value is -2.91. The van der Waals surface area contributed by atoms with Crippen molar-refractivity contribution in [2.24, 2.45) is 5.14 Å². The van der Waals surface area contributed by atoms with E-state index in [1.807, 2.05) is 0 Å². The SMILES string of the molecule is COc1ccc(NC(=O)CCNC(=O)c2ccccc2)cc1S(N)(=O)=O. The van der Waals surface area contributed by atoms with Crippen LogP contribution in [0, 0.1) is 0 Å². The summed E-state index contributed by atoms with van der Waals surface area (Å²) in [5.41, 5.74) is 0.759. The number of nitrogens with one attached hydrogen (secondary N) is 2. The van der Waals surface area contributed by atoms with Crippen LogP contribution < -0.4 is 20.5 Å². The van der Waals surface area contributed by atoms with Crippen molar-refractivity contribution in [3.63, 3.8) is 0 Å². The Labute approximate surface area is 151 Å². The molecule has 0 bridgehead atoms. The molecule has 26 heavy (non-hydrogen) atoms. The Morgan fingerprint density at radius 1 is 1.12 bits per heavy atom. The van der Waals surface area contributed by atoms with Crippen LogP contribution in [0.25, 0.3) is 0 Å². The lowest BCUT2D eigenvalue weighted by Gasteiger charge is -2.10. The van der Waals surface area contributed by atoms with Crippen molar-refractivity contribution in [2.45, 2.75) is 11.3 Å². The highest BCUT2D eigenvalue weighted by Gasteiger charge is 2.16. The summed E-state index contributed by atoms with van der Waals surface area (Å²) >= 11 is 0. The van der Waals surface area contributed by atoms with Gasteiger partial charge in [0.1, 0.15) is 10.6 Å². The number of ether oxygens (including phenoxy) is 1. The number of primary sulfonamides is 1. The highest BCUT2D eigenvalue weighted by molar-refractivity contribution is 7.89. The number of amides is 2. The maximum Gasteiger partial charge on any atom is 0.251 e. The van der Waals surface area contributed by atoms with Crippen molar-refractivity contribution in [3.05, 3.63) is 54.1 Å². The van der Waals surface area contributed by atoms with Crippen molar-refractivity contribution in [3.8, 4) is 5.75 Å². The van der Waals surface area contributed by atoms with Gasteiger partial charge in [0.2, 0.25) is 15.9 Å². The lowest BCUT2D eigenvalue weighted by molar-refractivity contribution is -0.116. The van der Waals surface area contributed by atoms with Gasteiger partial charge in [0.05, 0.1) is 7.11 Å². The van der Waals surface area contributed by atoms with Crippen molar-refractivity contribution in [2.75, 3.05) is 19.0 Å². The van der Waals surface area contributed by atoms with Crippen LogP contribution in [0.2, 0.25) is 0 Å². The number of carbonyl (C=O) groups excluding carboxylic acids is 2. The van der Waals surface area contributed by atoms with E-state index in [0.29, 0.717) is 5.56 Å². The fraction of sp³-hybridized carbons (Fsp3) is 0.176. The van der Waals surface area contributed by atoms with E-state index in [2.05, 4.69) is 10.6 Å². The zero-order chi connectivity index (χ0) is 19.2. The Bertz CT molecular complexity index is 898. The number of carbonyl (C=O) groups is 2. The molecule has 0 aliphatic rings. The molecule has 138 valence electrons. The molecule has 0 aliphatic carbocycles. The molecule has 0 aliphatic heterocycles. The fourth-order valence-corrected chi connectivity index (χ4v) is 2.90. The summed E-state index contributed by atoms with van der Waals surface area (Å²) in [4.78, 5) is 23.6. The lowest BCUT2D eigenvalue weighted by atomic mass is 10.2. The molecular weight excluding hydrogens is 358 g/mol. The minimum Gasteiger partial charge on any atom is -0.495 e. The van der Waals surface area contributed by atoms with Gasteiger partial charge in [-0.25, -0.2) is 13.6 Å². The maximum atomic E-state index is 12.0. The number of methoxy groups -OCH3 is 1. The predicted octanol–water partition coefficient (Wildman–Crippen LogP) is 1.10. The summed E-state index contributed by atoms with van der Waals surface area (Å²) in [6.07, 6.45) is 0.0231. The molecule has 0 fully saturated rings. The first-order valence-electron chi connectivity index (χ1n) is 7.65. The van der Waals surface area contributed by atoms with Gasteiger partial charge in [0.15, 0.2) is 0 Å². The molecule has 0 saturated heterocycles. The fourth-order valence-electron chi connectivity index (χ4n) is 2.18. The van der Waals surface area contributed by atoms with Gasteiger partial charge in [0, 0.05) is 24.2 Å². The van der Waals surface area contributed by atoms with Crippen LogP contribution in [0.15, 0.2) is 53.4 Å². The third-order valence-corrected chi connectivity index (χ3v) is 4.36. The highest BCUT2D eigenvalue weighted by atomic mass is 32.2. The number of anilines is 1. The van der Waals surface area contributed by atoms with Crippen LogP contribution in [0.4, 0.5) is 5.69 Å². The Balaban J connectivity index is 1.93. The summed E-state index contributed by atoms with van der Waals surface area (Å²) in [5.74, 6) is -0.580. The van der Waals surface area contributed by atoms with Crippen molar-refractivity contribution in [1.82, 2.24) is 5.32 Å². The molecule has 2 rings (SSSR count). The smallest absolute Gasteiger partial charge is 0.251 e. The van der Waals surface area contributed by atoms with E-state index >= 15 is 0 Å². The quantitative estimate of drug-likeness (QED) is 0.666. The van der Waals surface area contributed by atoms with E-state index < -0.39 is 10.0 Å². The van der Waals surface area contributed by atoms with E-state index in [-0.39, 0.29) is 41.1 Å². The number of benzene rings is 2. The minimum atomic E-state index is -4.00. The van der Waals surface area contributed by atoms with Crippen molar-refractivity contribution < 1.29 is 22.7 Å². The molecule has 8 nitrogen and oxygen atoms in total. The van der Waals surface area contributed by atoms with Crippen LogP contribution in [-0.2, 0) is 14.8 Å². The molecule has 0 aromatic heterocycles. The third-order valence-electron chi connectivity index (χ3n) is 3.43. The highest BCUT2D eigenvalue weighted by Crippen LogP contribution is 2.26. The largest absolute Gasteiger partial charge is 0.495 e. The second-order valence-corrected chi connectivity index (χ2v) is 6.86. The average Bonchev–Trinajstić information content (AvgIpc) is 2.61. The molecule has 0 spiro atoms. The number of sulfonamides is 1. The molecule has 0 radical (unpaired) electrons. The zero-order valence-electron chi connectivity index (χ0n) is 14.1. The number of hydrogen-bond acceptors (Lipinski definition) is 5. The summed E-state index contributed by atoms with van der Waals surface area (Å²) in [5, 5.41) is 10.3. The lowest BCUT2D eigenvalue weighted by Crippen LogP contribution is -2.27. The van der Waals surface area contributed by atoms with Crippen LogP contribution in [0.3, 0.4) is 0 Å². The standard InChI is InChI=1S/C17H19N3O5S/c1-25-14-8-7-13(11-15(14)26(18,23)24)20-16(21)9-10-19-17(22)12-5-3-2-4-6-12/h2-8,11H,9-10H2,1H3,(H,19,22)(H,20,21)(H2,18,23,24). The second-order valence-electron chi connectivity index (χ2n) is 5.33. The Morgan fingerprint density at radius 3 is 2.42 bits per heavy atom. The molecule has 0 saturated carbocycles. The summed E-state index contributed by atoms with van der Waals surface area (Å²) in [6, 6.07) is 12.7. The normalized spacial score (nSPS) is 10.8. The van der Waals surface area contributed by atoms with Gasteiger partial charge in [-0.3, -0.25) is 9.59 Å². The zero-order valence-corrected chi connectivity index (χ0v) is 14.9. The van der Waals surface area contributed by atoms with E-state index in [1.165, 1.54) is 25.3 Å². The number of nitrogens with two attached hydrogens (primary N) is 1. The monoisotopic (exact) mass is 377 g/mol. The first-order chi connectivity index (χ1) is 12.3. The molecule has 9 heteroatoms. The van der Waals surface area contributed by atoms with E-state index in [9.17, 15) is 18.0 Å². The minimum absolute atomic E-state index is 0.0231. The molecular formula is C17H19N3O5S. The van der Waals surface area contributed by atoms with Crippen LogP contribution in [0.5, 0.6) is 5.75 Å². The topological polar surface area (TPSA) is 128 Å². The molecule has 0 heterocycles. The van der Waals surface area contributed by atoms with Crippen LogP contribution in [0.1, 0.15) is 16.8 Å². The summed E-state index contributed by atoms with van der Waals surface area (Å²) < 4.78 is 28.1. The molecule has 2 aromatic rings. The van der Waals surface area contributed by atoms with Gasteiger partial charge >= 0.3 is 0 Å². The van der Waals surface area contributed by atoms with Crippen molar-refractivity contribution >= 4 is 27.5 Å². The van der Waals surface area contributed by atoms with Crippen LogP contribution >= 0.6 is 0 Å². The number of rotatable bonds is 7. The van der Waals surface area contributed by atoms with Crippen molar-refractivity contribution in [1.29, 1.82) is 0 Å². The Morgan fingerprint density at radius 2 is 1.81 bits per heavy atom. The summed E-state index contributed by atoms with van der Waals surface area (Å²) in [6.45, 7) is 0.137. The van der Waals surface area contributed by atoms with Crippen LogP contribution in [-0.4, -0.2) is 33.9 Å². The van der Waals surface area contributed by atoms with Gasteiger partial charge in [-0.1, -0.05) is 18.2 Å². The maximum absolute atomic E-state index is 12.0. The van der Waals surface area contributed by atoms with Gasteiger partial charge in [0.25, 0.3) is 5.91 Å². The van der Waals surface area contributed by atoms with Gasteiger partial charge < -0.3 is 15.4 Å².